The van der Waals surface area contributed by atoms with E-state index in [2.05, 4.69) is 15.2 Å². The second-order valence-corrected chi connectivity index (χ2v) is 4.32. The smallest absolute Gasteiger partial charge is 0.337 e. The van der Waals surface area contributed by atoms with Gasteiger partial charge in [0, 0.05) is 18.7 Å². The second kappa shape index (κ2) is 5.56. The number of nitrogens with zero attached hydrogens (tertiary/aromatic N) is 2. The average molecular weight is 273 g/mol. The number of amides is 1. The summed E-state index contributed by atoms with van der Waals surface area (Å²) in [5.74, 6) is -0.189. The zero-order chi connectivity index (χ0) is 14.7. The third kappa shape index (κ3) is 2.85. The normalized spacial score (nSPS) is 10.2. The van der Waals surface area contributed by atoms with Crippen LogP contribution in [0.3, 0.4) is 0 Å². The first-order valence-electron chi connectivity index (χ1n) is 6.01. The molecule has 0 radical (unpaired) electrons. The molecule has 1 N–H and O–H groups in total. The summed E-state index contributed by atoms with van der Waals surface area (Å²) in [5, 5.41) is 6.89. The van der Waals surface area contributed by atoms with Gasteiger partial charge in [-0.2, -0.15) is 5.10 Å². The van der Waals surface area contributed by atoms with Gasteiger partial charge in [-0.1, -0.05) is 6.07 Å². The zero-order valence-corrected chi connectivity index (χ0v) is 11.5. The molecular weight excluding hydrogens is 258 g/mol. The number of nitrogens with one attached hydrogen (secondary N) is 1. The molecule has 1 amide bonds. The van der Waals surface area contributed by atoms with Crippen molar-refractivity contribution >= 4 is 17.7 Å². The Morgan fingerprint density at radius 3 is 2.55 bits per heavy atom. The van der Waals surface area contributed by atoms with Crippen molar-refractivity contribution in [3.05, 3.63) is 47.2 Å². The molecule has 2 rings (SSSR count). The monoisotopic (exact) mass is 273 g/mol. The number of hydrogen-bond acceptors (Lipinski definition) is 4. The molecule has 20 heavy (non-hydrogen) atoms. The SMILES string of the molecule is COC(=O)c1cccc(C(=O)Nc2cc(C)nn2C)c1. The molecule has 0 atom stereocenters. The Bertz CT molecular complexity index is 661. The third-order valence-electron chi connectivity index (χ3n) is 2.79. The molecule has 6 heteroatoms. The van der Waals surface area contributed by atoms with Crippen molar-refractivity contribution in [2.24, 2.45) is 7.05 Å². The van der Waals surface area contributed by atoms with E-state index in [-0.39, 0.29) is 5.91 Å². The van der Waals surface area contributed by atoms with E-state index in [4.69, 9.17) is 0 Å². The van der Waals surface area contributed by atoms with Gasteiger partial charge in [0.15, 0.2) is 0 Å². The molecule has 0 unspecified atom stereocenters. The quantitative estimate of drug-likeness (QED) is 0.865. The maximum Gasteiger partial charge on any atom is 0.337 e. The molecule has 104 valence electrons. The highest BCUT2D eigenvalue weighted by atomic mass is 16.5. The van der Waals surface area contributed by atoms with Gasteiger partial charge in [0.1, 0.15) is 5.82 Å². The number of methoxy groups -OCH3 is 1. The van der Waals surface area contributed by atoms with E-state index in [1.165, 1.54) is 13.2 Å². The predicted molar refractivity (Wildman–Crippen MR) is 73.7 cm³/mol. The number of esters is 1. The minimum absolute atomic E-state index is 0.307. The fraction of sp³-hybridized carbons (Fsp3) is 0.214. The highest BCUT2D eigenvalue weighted by Crippen LogP contribution is 2.12. The number of aromatic nitrogens is 2. The third-order valence-corrected chi connectivity index (χ3v) is 2.79. The van der Waals surface area contributed by atoms with Crippen LogP contribution < -0.4 is 5.32 Å². The number of anilines is 1. The lowest BCUT2D eigenvalue weighted by Gasteiger charge is -2.06. The summed E-state index contributed by atoms with van der Waals surface area (Å²) in [6.45, 7) is 1.84. The number of hydrogen-bond donors (Lipinski definition) is 1. The fourth-order valence-electron chi connectivity index (χ4n) is 1.82. The van der Waals surface area contributed by atoms with Crippen molar-refractivity contribution in [1.82, 2.24) is 9.78 Å². The van der Waals surface area contributed by atoms with Crippen molar-refractivity contribution in [2.75, 3.05) is 12.4 Å². The van der Waals surface area contributed by atoms with Crippen molar-refractivity contribution in [1.29, 1.82) is 0 Å². The summed E-state index contributed by atoms with van der Waals surface area (Å²) < 4.78 is 6.21. The Labute approximate surface area is 116 Å². The van der Waals surface area contributed by atoms with Crippen molar-refractivity contribution < 1.29 is 14.3 Å². The summed E-state index contributed by atoms with van der Waals surface area (Å²) in [6.07, 6.45) is 0. The second-order valence-electron chi connectivity index (χ2n) is 4.32. The van der Waals surface area contributed by atoms with Gasteiger partial charge in [-0.25, -0.2) is 4.79 Å². The maximum atomic E-state index is 12.1. The van der Waals surface area contributed by atoms with Crippen molar-refractivity contribution in [3.8, 4) is 0 Å². The van der Waals surface area contributed by atoms with Crippen LogP contribution in [-0.2, 0) is 11.8 Å². The molecule has 1 aromatic carbocycles. The molecule has 0 saturated heterocycles. The van der Waals surface area contributed by atoms with Crippen LogP contribution in [0.1, 0.15) is 26.4 Å². The molecule has 0 fully saturated rings. The van der Waals surface area contributed by atoms with E-state index in [9.17, 15) is 9.59 Å². The van der Waals surface area contributed by atoms with Gasteiger partial charge in [-0.15, -0.1) is 0 Å². The van der Waals surface area contributed by atoms with Gasteiger partial charge in [0.05, 0.1) is 18.4 Å². The van der Waals surface area contributed by atoms with Gasteiger partial charge < -0.3 is 10.1 Å². The number of ether oxygens (including phenoxy) is 1. The van der Waals surface area contributed by atoms with E-state index in [0.717, 1.165) is 5.69 Å². The maximum absolute atomic E-state index is 12.1. The van der Waals surface area contributed by atoms with Crippen molar-refractivity contribution in [3.63, 3.8) is 0 Å². The highest BCUT2D eigenvalue weighted by molar-refractivity contribution is 6.05. The summed E-state index contributed by atoms with van der Waals surface area (Å²) in [7, 11) is 3.04. The van der Waals surface area contributed by atoms with Gasteiger partial charge in [0.25, 0.3) is 5.91 Å². The first kappa shape index (κ1) is 13.8. The van der Waals surface area contributed by atoms with Gasteiger partial charge >= 0.3 is 5.97 Å². The lowest BCUT2D eigenvalue weighted by atomic mass is 10.1. The molecule has 1 heterocycles. The molecule has 0 aliphatic heterocycles. The lowest BCUT2D eigenvalue weighted by Crippen LogP contribution is -2.15. The molecule has 0 spiro atoms. The van der Waals surface area contributed by atoms with Crippen LogP contribution in [0.25, 0.3) is 0 Å². The van der Waals surface area contributed by atoms with Crippen LogP contribution in [0.2, 0.25) is 0 Å². The van der Waals surface area contributed by atoms with Crippen LogP contribution in [-0.4, -0.2) is 28.8 Å². The number of aryl methyl sites for hydroxylation is 2. The van der Waals surface area contributed by atoms with E-state index < -0.39 is 5.97 Å². The number of carbonyl (C=O) groups is 2. The van der Waals surface area contributed by atoms with Crippen LogP contribution in [0, 0.1) is 6.92 Å². The standard InChI is InChI=1S/C14H15N3O3/c1-9-7-12(17(2)16-9)15-13(18)10-5-4-6-11(8-10)14(19)20-3/h4-8H,1-3H3,(H,15,18). The van der Waals surface area contributed by atoms with E-state index in [0.29, 0.717) is 16.9 Å². The average Bonchev–Trinajstić information content (AvgIpc) is 2.76. The molecular formula is C14H15N3O3. The molecule has 0 aliphatic carbocycles. The Balaban J connectivity index is 2.21. The fourth-order valence-corrected chi connectivity index (χ4v) is 1.82. The highest BCUT2D eigenvalue weighted by Gasteiger charge is 2.12. The molecule has 1 aromatic heterocycles. The van der Waals surface area contributed by atoms with Crippen LogP contribution in [0.15, 0.2) is 30.3 Å². The number of rotatable bonds is 3. The van der Waals surface area contributed by atoms with Gasteiger partial charge in [-0.3, -0.25) is 9.48 Å². The Kier molecular flexibility index (Phi) is 3.84. The molecule has 0 saturated carbocycles. The summed E-state index contributed by atoms with van der Waals surface area (Å²) in [5.41, 5.74) is 1.53. The van der Waals surface area contributed by atoms with Crippen molar-refractivity contribution in [2.45, 2.75) is 6.92 Å². The van der Waals surface area contributed by atoms with E-state index in [1.807, 2.05) is 6.92 Å². The molecule has 2 aromatic rings. The van der Waals surface area contributed by atoms with Gasteiger partial charge in [-0.05, 0) is 25.1 Å². The predicted octanol–water partition coefficient (Wildman–Crippen LogP) is 1.77. The minimum atomic E-state index is -0.476. The zero-order valence-electron chi connectivity index (χ0n) is 11.5. The first-order chi connectivity index (χ1) is 9.51. The Morgan fingerprint density at radius 2 is 1.95 bits per heavy atom. The number of carbonyl (C=O) groups excluding carboxylic acids is 2. The largest absolute Gasteiger partial charge is 0.465 e. The van der Waals surface area contributed by atoms with E-state index >= 15 is 0 Å². The number of benzene rings is 1. The first-order valence-corrected chi connectivity index (χ1v) is 6.01. The van der Waals surface area contributed by atoms with Crippen LogP contribution in [0.4, 0.5) is 5.82 Å². The summed E-state index contributed by atoms with van der Waals surface area (Å²) in [6, 6.07) is 8.12. The Morgan fingerprint density at radius 1 is 1.25 bits per heavy atom. The Hall–Kier alpha value is -2.63. The lowest BCUT2D eigenvalue weighted by molar-refractivity contribution is 0.0600. The van der Waals surface area contributed by atoms with Crippen LogP contribution >= 0.6 is 0 Å². The molecule has 0 aliphatic rings. The van der Waals surface area contributed by atoms with Crippen LogP contribution in [0.5, 0.6) is 0 Å². The van der Waals surface area contributed by atoms with Gasteiger partial charge in [0.2, 0.25) is 0 Å². The topological polar surface area (TPSA) is 73.2 Å². The molecule has 6 nitrogen and oxygen atoms in total. The summed E-state index contributed by atoms with van der Waals surface area (Å²) in [4.78, 5) is 23.6. The van der Waals surface area contributed by atoms with E-state index in [1.54, 1.807) is 36.0 Å². The summed E-state index contributed by atoms with van der Waals surface area (Å²) >= 11 is 0. The minimum Gasteiger partial charge on any atom is -0.465 e. The molecule has 0 bridgehead atoms.